The van der Waals surface area contributed by atoms with E-state index in [-0.39, 0.29) is 36.7 Å². The first-order chi connectivity index (χ1) is 13.1. The summed E-state index contributed by atoms with van der Waals surface area (Å²) < 4.78 is 5.83. The van der Waals surface area contributed by atoms with Crippen molar-refractivity contribution in [2.75, 3.05) is 39.2 Å². The van der Waals surface area contributed by atoms with E-state index in [1.54, 1.807) is 37.2 Å². The maximum atomic E-state index is 12.8. The normalized spacial score (nSPS) is 15.6. The first-order valence-corrected chi connectivity index (χ1v) is 9.41. The quantitative estimate of drug-likeness (QED) is 0.752. The molecule has 1 atom stereocenters. The number of primary amides is 1. The van der Waals surface area contributed by atoms with Crippen molar-refractivity contribution in [1.29, 1.82) is 0 Å². The van der Waals surface area contributed by atoms with Gasteiger partial charge in [-0.2, -0.15) is 0 Å². The van der Waals surface area contributed by atoms with E-state index in [0.717, 1.165) is 5.69 Å². The summed E-state index contributed by atoms with van der Waals surface area (Å²) in [6.07, 6.45) is 0.387. The van der Waals surface area contributed by atoms with Gasteiger partial charge in [0.05, 0.1) is 18.2 Å². The van der Waals surface area contributed by atoms with E-state index in [2.05, 4.69) is 0 Å². The topological polar surface area (TPSA) is 96.2 Å². The first-order valence-electron chi connectivity index (χ1n) is 9.41. The van der Waals surface area contributed by atoms with Crippen LogP contribution in [0, 0.1) is 0 Å². The summed E-state index contributed by atoms with van der Waals surface area (Å²) in [5.74, 6) is 0.118. The number of nitrogens with zero attached hydrogens (tertiary/aromatic N) is 3. The number of nitrogens with two attached hydrogens (primary N) is 1. The molecule has 0 bridgehead atoms. The smallest absolute Gasteiger partial charge is 0.253 e. The lowest BCUT2D eigenvalue weighted by atomic mass is 10.1. The van der Waals surface area contributed by atoms with Crippen molar-refractivity contribution in [3.05, 3.63) is 23.8 Å². The molecule has 0 aromatic heterocycles. The van der Waals surface area contributed by atoms with Gasteiger partial charge in [-0.05, 0) is 32.0 Å². The summed E-state index contributed by atoms with van der Waals surface area (Å²) in [5.41, 5.74) is 6.57. The fraction of sp³-hybridized carbons (Fsp3) is 0.550. The minimum Gasteiger partial charge on any atom is -0.489 e. The van der Waals surface area contributed by atoms with E-state index < -0.39 is 5.91 Å². The molecule has 28 heavy (non-hydrogen) atoms. The molecule has 0 fully saturated rings. The van der Waals surface area contributed by atoms with Crippen LogP contribution in [0.3, 0.4) is 0 Å². The lowest BCUT2D eigenvalue weighted by Crippen LogP contribution is -2.46. The zero-order valence-corrected chi connectivity index (χ0v) is 17.3. The van der Waals surface area contributed by atoms with Crippen molar-refractivity contribution in [1.82, 2.24) is 9.80 Å². The number of fused-ring (bicyclic) bond motifs is 1. The van der Waals surface area contributed by atoms with E-state index in [0.29, 0.717) is 24.5 Å². The third-order valence-electron chi connectivity index (χ3n) is 4.92. The minimum atomic E-state index is -0.427. The molecule has 8 heteroatoms. The Morgan fingerprint density at radius 1 is 1.29 bits per heavy atom. The molecular formula is C20H30N4O4. The Morgan fingerprint density at radius 2 is 1.96 bits per heavy atom. The molecule has 0 spiro atoms. The Labute approximate surface area is 166 Å². The molecule has 8 nitrogen and oxygen atoms in total. The van der Waals surface area contributed by atoms with Gasteiger partial charge in [-0.1, -0.05) is 0 Å². The number of rotatable bonds is 7. The number of anilines is 1. The average Bonchev–Trinajstić information content (AvgIpc) is 2.62. The molecule has 0 aliphatic carbocycles. The Kier molecular flexibility index (Phi) is 6.88. The number of hydrogen-bond acceptors (Lipinski definition) is 5. The zero-order valence-electron chi connectivity index (χ0n) is 17.3. The van der Waals surface area contributed by atoms with Crippen LogP contribution in [0.1, 0.15) is 37.0 Å². The Bertz CT molecular complexity index is 748. The molecule has 0 radical (unpaired) electrons. The molecule has 0 saturated heterocycles. The number of benzene rings is 1. The third-order valence-corrected chi connectivity index (χ3v) is 4.92. The Hall–Kier alpha value is -2.77. The van der Waals surface area contributed by atoms with Gasteiger partial charge in [0.15, 0.2) is 0 Å². The summed E-state index contributed by atoms with van der Waals surface area (Å²) in [6.45, 7) is 4.50. The van der Waals surface area contributed by atoms with Gasteiger partial charge in [0.1, 0.15) is 12.4 Å². The van der Waals surface area contributed by atoms with Gasteiger partial charge in [0.2, 0.25) is 11.8 Å². The minimum absolute atomic E-state index is 0.0294. The second-order valence-corrected chi connectivity index (χ2v) is 7.56. The van der Waals surface area contributed by atoms with E-state index in [1.165, 1.54) is 4.90 Å². The molecular weight excluding hydrogens is 360 g/mol. The van der Waals surface area contributed by atoms with Crippen molar-refractivity contribution in [3.8, 4) is 5.75 Å². The predicted molar refractivity (Wildman–Crippen MR) is 107 cm³/mol. The van der Waals surface area contributed by atoms with Crippen molar-refractivity contribution in [2.24, 2.45) is 5.73 Å². The first kappa shape index (κ1) is 21.5. The monoisotopic (exact) mass is 390 g/mol. The molecule has 1 heterocycles. The SMILES string of the molecule is CC(C)N(CCC(N)=O)C(=O)C[C@H]1COc2ccc(C(=O)N(C)C)cc2N1C. The molecule has 2 N–H and O–H groups in total. The van der Waals surface area contributed by atoms with E-state index in [9.17, 15) is 14.4 Å². The van der Waals surface area contributed by atoms with Crippen LogP contribution in [0.5, 0.6) is 5.75 Å². The van der Waals surface area contributed by atoms with Gasteiger partial charge in [0, 0.05) is 45.7 Å². The molecule has 0 unspecified atom stereocenters. The van der Waals surface area contributed by atoms with Crippen molar-refractivity contribution >= 4 is 23.4 Å². The van der Waals surface area contributed by atoms with Crippen LogP contribution in [0.2, 0.25) is 0 Å². The molecule has 1 aliphatic rings. The summed E-state index contributed by atoms with van der Waals surface area (Å²) in [5, 5.41) is 0. The van der Waals surface area contributed by atoms with E-state index >= 15 is 0 Å². The second kappa shape index (κ2) is 8.95. The van der Waals surface area contributed by atoms with Gasteiger partial charge in [-0.3, -0.25) is 14.4 Å². The van der Waals surface area contributed by atoms with Crippen LogP contribution in [0.4, 0.5) is 5.69 Å². The molecule has 2 rings (SSSR count). The molecule has 1 aromatic carbocycles. The van der Waals surface area contributed by atoms with Gasteiger partial charge in [-0.15, -0.1) is 0 Å². The highest BCUT2D eigenvalue weighted by molar-refractivity contribution is 5.95. The van der Waals surface area contributed by atoms with Gasteiger partial charge >= 0.3 is 0 Å². The molecule has 154 valence electrons. The van der Waals surface area contributed by atoms with Gasteiger partial charge < -0.3 is 25.2 Å². The predicted octanol–water partition coefficient (Wildman–Crippen LogP) is 1.09. The largest absolute Gasteiger partial charge is 0.489 e. The number of carbonyl (C=O) groups is 3. The fourth-order valence-corrected chi connectivity index (χ4v) is 3.22. The number of amides is 3. The number of hydrogen-bond donors (Lipinski definition) is 1. The summed E-state index contributed by atoms with van der Waals surface area (Å²) in [6, 6.07) is 5.12. The van der Waals surface area contributed by atoms with Crippen LogP contribution >= 0.6 is 0 Å². The number of carbonyl (C=O) groups excluding carboxylic acids is 3. The molecule has 0 saturated carbocycles. The van der Waals surface area contributed by atoms with Gasteiger partial charge in [0.25, 0.3) is 5.91 Å². The molecule has 1 aliphatic heterocycles. The number of ether oxygens (including phenoxy) is 1. The van der Waals surface area contributed by atoms with Crippen molar-refractivity contribution in [2.45, 2.75) is 38.8 Å². The average molecular weight is 390 g/mol. The zero-order chi connectivity index (χ0) is 21.0. The summed E-state index contributed by atoms with van der Waals surface area (Å²) in [7, 11) is 5.30. The standard InChI is InChI=1S/C20H30N4O4/c1-13(2)24(9-8-18(21)25)19(26)11-15-12-28-17-7-6-14(20(27)22(3)4)10-16(17)23(15)5/h6-7,10,13,15H,8-9,11-12H2,1-5H3,(H2,21,25)/t15-/m0/s1. The second-order valence-electron chi connectivity index (χ2n) is 7.56. The molecule has 3 amide bonds. The van der Waals surface area contributed by atoms with Gasteiger partial charge in [-0.25, -0.2) is 0 Å². The maximum absolute atomic E-state index is 12.8. The highest BCUT2D eigenvalue weighted by atomic mass is 16.5. The lowest BCUT2D eigenvalue weighted by molar-refractivity contribution is -0.134. The lowest BCUT2D eigenvalue weighted by Gasteiger charge is -2.37. The third kappa shape index (κ3) is 4.94. The number of likely N-dealkylation sites (N-methyl/N-ethyl adjacent to an activating group) is 1. The van der Waals surface area contributed by atoms with E-state index in [4.69, 9.17) is 10.5 Å². The van der Waals surface area contributed by atoms with Crippen LogP contribution in [-0.4, -0.2) is 73.9 Å². The van der Waals surface area contributed by atoms with Crippen LogP contribution in [0.25, 0.3) is 0 Å². The fourth-order valence-electron chi connectivity index (χ4n) is 3.22. The van der Waals surface area contributed by atoms with E-state index in [1.807, 2.05) is 25.8 Å². The van der Waals surface area contributed by atoms with Crippen molar-refractivity contribution in [3.63, 3.8) is 0 Å². The van der Waals surface area contributed by atoms with Crippen LogP contribution in [0.15, 0.2) is 18.2 Å². The highest BCUT2D eigenvalue weighted by Crippen LogP contribution is 2.35. The Morgan fingerprint density at radius 3 is 2.54 bits per heavy atom. The van der Waals surface area contributed by atoms with Crippen LogP contribution < -0.4 is 15.4 Å². The summed E-state index contributed by atoms with van der Waals surface area (Å²) in [4.78, 5) is 41.3. The Balaban J connectivity index is 2.15. The maximum Gasteiger partial charge on any atom is 0.253 e. The summed E-state index contributed by atoms with van der Waals surface area (Å²) >= 11 is 0. The highest BCUT2D eigenvalue weighted by Gasteiger charge is 2.30. The van der Waals surface area contributed by atoms with Crippen molar-refractivity contribution < 1.29 is 19.1 Å². The van der Waals surface area contributed by atoms with Crippen LogP contribution in [-0.2, 0) is 9.59 Å². The molecule has 1 aromatic rings.